The monoisotopic (exact) mass is 275 g/mol. The van der Waals surface area contributed by atoms with Crippen molar-refractivity contribution in [1.82, 2.24) is 0 Å². The van der Waals surface area contributed by atoms with E-state index in [-0.39, 0.29) is 12.3 Å². The van der Waals surface area contributed by atoms with Crippen LogP contribution in [0.15, 0.2) is 12.2 Å². The van der Waals surface area contributed by atoms with Gasteiger partial charge in [0.15, 0.2) is 0 Å². The molecule has 0 saturated carbocycles. The summed E-state index contributed by atoms with van der Waals surface area (Å²) in [6.45, 7) is 0.996. The van der Waals surface area contributed by atoms with E-state index in [0.717, 1.165) is 25.7 Å². The van der Waals surface area contributed by atoms with Crippen molar-refractivity contribution in [3.05, 3.63) is 12.2 Å². The van der Waals surface area contributed by atoms with E-state index >= 15 is 0 Å². The van der Waals surface area contributed by atoms with E-state index in [1.807, 2.05) is 21.1 Å². The van der Waals surface area contributed by atoms with Gasteiger partial charge in [-0.05, 0) is 32.1 Å². The van der Waals surface area contributed by atoms with E-state index in [0.29, 0.717) is 17.4 Å². The second-order valence-corrected chi connectivity index (χ2v) is 8.09. The predicted molar refractivity (Wildman–Crippen MR) is 72.5 cm³/mol. The van der Waals surface area contributed by atoms with E-state index in [2.05, 4.69) is 12.2 Å². The molecule has 4 nitrogen and oxygen atoms in total. The lowest BCUT2D eigenvalue weighted by Gasteiger charge is -2.33. The maximum absolute atomic E-state index is 12.1. The highest BCUT2D eigenvalue weighted by atomic mass is 31.2. The molecule has 18 heavy (non-hydrogen) atoms. The van der Waals surface area contributed by atoms with Gasteiger partial charge in [-0.1, -0.05) is 12.2 Å². The summed E-state index contributed by atoms with van der Waals surface area (Å²) in [4.78, 5) is 12.1. The van der Waals surface area contributed by atoms with E-state index in [9.17, 15) is 9.46 Å². The van der Waals surface area contributed by atoms with E-state index in [1.54, 1.807) is 0 Å². The van der Waals surface area contributed by atoms with E-state index in [4.69, 9.17) is 4.52 Å². The maximum Gasteiger partial charge on any atom is 0.138 e. The molecule has 0 amide bonds. The molecule has 0 heterocycles. The van der Waals surface area contributed by atoms with Gasteiger partial charge in [0.05, 0.1) is 21.1 Å². The first-order valence-corrected chi connectivity index (χ1v) is 8.33. The van der Waals surface area contributed by atoms with Gasteiger partial charge in [0.1, 0.15) is 20.7 Å². The first-order chi connectivity index (χ1) is 8.31. The fraction of sp³-hybridized carbons (Fsp3) is 0.846. The zero-order valence-corrected chi connectivity index (χ0v) is 12.7. The largest absolute Gasteiger partial charge is 0.778 e. The van der Waals surface area contributed by atoms with Crippen LogP contribution in [0.25, 0.3) is 0 Å². The van der Waals surface area contributed by atoms with E-state index < -0.39 is 7.60 Å². The lowest BCUT2D eigenvalue weighted by atomic mass is 10.1. The maximum atomic E-state index is 12.1. The number of likely N-dealkylation sites (N-methyl/N-ethyl adjacent to an activating group) is 1. The van der Waals surface area contributed by atoms with Gasteiger partial charge in [0.2, 0.25) is 0 Å². The van der Waals surface area contributed by atoms with Gasteiger partial charge in [-0.25, -0.2) is 0 Å². The first-order valence-electron chi connectivity index (χ1n) is 6.72. The third kappa shape index (κ3) is 6.14. The van der Waals surface area contributed by atoms with Crippen molar-refractivity contribution in [3.8, 4) is 0 Å². The molecule has 5 heteroatoms. The minimum atomic E-state index is -3.69. The fourth-order valence-corrected chi connectivity index (χ4v) is 3.51. The molecule has 2 unspecified atom stereocenters. The van der Waals surface area contributed by atoms with Crippen molar-refractivity contribution < 1.29 is 18.5 Å². The molecule has 0 aliphatic heterocycles. The quantitative estimate of drug-likeness (QED) is 0.439. The Morgan fingerprint density at radius 3 is 2.61 bits per heavy atom. The summed E-state index contributed by atoms with van der Waals surface area (Å²) in [6.07, 6.45) is 8.41. The summed E-state index contributed by atoms with van der Waals surface area (Å²) in [5.74, 6) is 0. The SMILES string of the molecule is C[N+](C)(C)CCOP(=O)([O-])C1CC/C=C\CCC1. The van der Waals surface area contributed by atoms with Crippen molar-refractivity contribution in [2.24, 2.45) is 0 Å². The second kappa shape index (κ2) is 6.85. The molecule has 0 aromatic carbocycles. The Labute approximate surface area is 111 Å². The topological polar surface area (TPSA) is 49.4 Å². The van der Waals surface area contributed by atoms with Crippen LogP contribution in [0.2, 0.25) is 0 Å². The summed E-state index contributed by atoms with van der Waals surface area (Å²) in [6, 6.07) is 0. The third-order valence-corrected chi connectivity index (χ3v) is 5.18. The Bertz CT molecular complexity index is 323. The van der Waals surface area contributed by atoms with Crippen LogP contribution in [-0.2, 0) is 9.09 Å². The predicted octanol–water partition coefficient (Wildman–Crippen LogP) is 2.15. The number of hydrogen-bond donors (Lipinski definition) is 0. The first kappa shape index (κ1) is 15.9. The summed E-state index contributed by atoms with van der Waals surface area (Å²) >= 11 is 0. The Hall–Kier alpha value is -0.150. The van der Waals surface area contributed by atoms with Gasteiger partial charge in [-0.15, -0.1) is 0 Å². The molecular formula is C13H26NO3P. The molecule has 0 aromatic heterocycles. The lowest BCUT2D eigenvalue weighted by Crippen LogP contribution is -2.38. The van der Waals surface area contributed by atoms with Crippen molar-refractivity contribution in [2.45, 2.75) is 37.8 Å². The molecule has 0 N–H and O–H groups in total. The molecule has 1 rings (SSSR count). The minimum absolute atomic E-state index is 0.288. The molecule has 0 radical (unpaired) electrons. The zero-order chi connectivity index (χ0) is 13.6. The normalized spacial score (nSPS) is 27.0. The Morgan fingerprint density at radius 2 is 1.94 bits per heavy atom. The number of nitrogens with zero attached hydrogens (tertiary/aromatic N) is 1. The van der Waals surface area contributed by atoms with Crippen molar-refractivity contribution in [2.75, 3.05) is 34.3 Å². The number of allylic oxidation sites excluding steroid dienone is 2. The van der Waals surface area contributed by atoms with Crippen LogP contribution >= 0.6 is 7.60 Å². The Balaban J connectivity index is 2.45. The van der Waals surface area contributed by atoms with Gasteiger partial charge in [-0.3, -0.25) is 0 Å². The molecule has 0 bridgehead atoms. The molecule has 0 saturated heterocycles. The minimum Gasteiger partial charge on any atom is -0.778 e. The van der Waals surface area contributed by atoms with Crippen molar-refractivity contribution in [1.29, 1.82) is 0 Å². The fourth-order valence-electron chi connectivity index (χ4n) is 2.00. The number of rotatable bonds is 5. The molecular weight excluding hydrogens is 249 g/mol. The van der Waals surface area contributed by atoms with Crippen LogP contribution in [0.1, 0.15) is 32.1 Å². The van der Waals surface area contributed by atoms with Gasteiger partial charge >= 0.3 is 0 Å². The molecule has 1 aliphatic rings. The van der Waals surface area contributed by atoms with Crippen LogP contribution < -0.4 is 4.89 Å². The molecule has 2 atom stereocenters. The Morgan fingerprint density at radius 1 is 1.28 bits per heavy atom. The highest BCUT2D eigenvalue weighted by molar-refractivity contribution is 7.52. The van der Waals surface area contributed by atoms with Crippen LogP contribution in [-0.4, -0.2) is 44.4 Å². The number of quaternary nitrogens is 1. The summed E-state index contributed by atoms with van der Waals surface area (Å²) < 4.78 is 18.0. The van der Waals surface area contributed by atoms with Gasteiger partial charge in [0.25, 0.3) is 0 Å². The van der Waals surface area contributed by atoms with Crippen LogP contribution in [0.4, 0.5) is 0 Å². The number of hydrogen-bond acceptors (Lipinski definition) is 3. The van der Waals surface area contributed by atoms with Crippen LogP contribution in [0, 0.1) is 0 Å². The standard InChI is InChI=1S/C13H26NO3P/c1-14(2,3)11-12-17-18(15,16)13-9-7-5-4-6-8-10-13/h4-5,13H,6-12H2,1-3H3/b5-4-. The Kier molecular flexibility index (Phi) is 6.06. The summed E-state index contributed by atoms with van der Waals surface area (Å²) in [5.41, 5.74) is -0.296. The molecule has 0 fully saturated rings. The molecule has 106 valence electrons. The van der Waals surface area contributed by atoms with Crippen molar-refractivity contribution >= 4 is 7.60 Å². The summed E-state index contributed by atoms with van der Waals surface area (Å²) in [5, 5.41) is 0. The average molecular weight is 275 g/mol. The van der Waals surface area contributed by atoms with Crippen molar-refractivity contribution in [3.63, 3.8) is 0 Å². The summed E-state index contributed by atoms with van der Waals surface area (Å²) in [7, 11) is 2.39. The van der Waals surface area contributed by atoms with E-state index in [1.165, 1.54) is 0 Å². The van der Waals surface area contributed by atoms with Crippen LogP contribution in [0.5, 0.6) is 0 Å². The second-order valence-electron chi connectivity index (χ2n) is 6.02. The van der Waals surface area contributed by atoms with Crippen LogP contribution in [0.3, 0.4) is 0 Å². The van der Waals surface area contributed by atoms with Gasteiger partial charge in [0, 0.05) is 5.66 Å². The lowest BCUT2D eigenvalue weighted by molar-refractivity contribution is -0.870. The third-order valence-electron chi connectivity index (χ3n) is 3.22. The molecule has 0 aromatic rings. The molecule has 0 spiro atoms. The highest BCUT2D eigenvalue weighted by Gasteiger charge is 2.23. The van der Waals surface area contributed by atoms with Gasteiger partial charge in [-0.2, -0.15) is 0 Å². The average Bonchev–Trinajstić information content (AvgIpc) is 2.12. The van der Waals surface area contributed by atoms with Gasteiger partial charge < -0.3 is 18.5 Å². The highest BCUT2D eigenvalue weighted by Crippen LogP contribution is 2.47. The zero-order valence-electron chi connectivity index (χ0n) is 11.8. The molecule has 1 aliphatic carbocycles. The smallest absolute Gasteiger partial charge is 0.138 e.